The summed E-state index contributed by atoms with van der Waals surface area (Å²) in [5.41, 5.74) is 2.38. The molecule has 131 heavy (non-hydrogen) atoms. The third kappa shape index (κ3) is 43.8. The first-order chi connectivity index (χ1) is 65.1. The van der Waals surface area contributed by atoms with E-state index in [-0.39, 0.29) is 0 Å². The molecule has 13 saturated carbocycles. The van der Waals surface area contributed by atoms with Crippen LogP contribution in [-0.4, -0.2) is 209 Å². The third-order valence-electron chi connectivity index (χ3n) is 33.6. The highest BCUT2D eigenvalue weighted by Gasteiger charge is 2.37. The minimum absolute atomic E-state index is 0.610. The number of ether oxygens (including phenoxy) is 5. The Bertz CT molecular complexity index is 2610. The molecule has 10 unspecified atom stereocenters. The quantitative estimate of drug-likeness (QED) is 0.149. The molecule has 14 heterocycles. The van der Waals surface area contributed by atoms with Gasteiger partial charge in [-0.05, 0) is 224 Å². The lowest BCUT2D eigenvalue weighted by molar-refractivity contribution is -0.0285. The molecule has 27 aliphatic rings. The molecule has 2 aromatic carbocycles. The summed E-state index contributed by atoms with van der Waals surface area (Å²) >= 11 is 9.99. The van der Waals surface area contributed by atoms with Gasteiger partial charge in [-0.3, -0.25) is 30.2 Å². The first kappa shape index (κ1) is 109. The zero-order valence-electron chi connectivity index (χ0n) is 83.7. The standard InChI is InChI=1S/C10H18.C9H16.2C8H14.C7H13NO.C7H7NO.C7H13NS.C7H7NS.C7H12.C6H11NO.C6H11NS.C6H12.C5H10.C4H9NO.C4H9NS.C4H8.C3H7NO.C3H7NS/c1-2-6-10-8-4-3-7-9(10)5-1;1-2-5-9-7-3-6-8(9)4-1;1-3-7-5-2-6-8(7)4-1;1-2-4-8-6-5-7(8)3-1;1-2-7-3-5-9-6-8(7)4-1;1-2-4-7-6(3-1)8-5-9-7;1-2-7-3-5-9-6-8(7)4-1;1-2-4-7-6(3-1)8-5-9-7;1-2-6-4-5-7(6)3-1;2*1-2-6-4-8-5-7(6)3-1;1-2-4-6-5-3-1;1-2-4-5-3-1;2*1-2-5-4-6-3-1;1-2-4-3-1;2*1-2-5-3-4-1/h9-10H,1-8H2;8-9H,1-7H2;2*7-8H,1-6H2;7H,1-6H2;1-4,8H,5H2;7H,1-6H2;1-4,8H,5H2;6-7H,1-5H2;2*6H,1-5H2;1-6H2;1-5H2;2*5H,1-4H2;1-4H2;2*4H,1-3H2. The largest absolute Gasteiger partial charge is 0.471 e. The molecular weight excluding hydrogens is 1710 g/mol. The van der Waals surface area contributed by atoms with Crippen LogP contribution in [0.1, 0.15) is 379 Å². The van der Waals surface area contributed by atoms with Gasteiger partial charge in [0.1, 0.15) is 5.75 Å². The molecular formula is C111H198N10O5S5. The van der Waals surface area contributed by atoms with Crippen LogP contribution in [0.3, 0.4) is 0 Å². The van der Waals surface area contributed by atoms with Gasteiger partial charge in [-0.2, -0.15) is 0 Å². The maximum absolute atomic E-state index is 5.31. The molecule has 0 aromatic heterocycles. The number of nitrogens with zero attached hydrogens (tertiary/aromatic N) is 4. The average molecular weight is 1910 g/mol. The molecule has 10 atom stereocenters. The van der Waals surface area contributed by atoms with Gasteiger partial charge in [0.05, 0.1) is 51.7 Å². The molecule has 2 aromatic rings. The second kappa shape index (κ2) is 69.9. The number of fused-ring (bicyclic) bond motifs is 11. The first-order valence-electron chi connectivity index (χ1n) is 56.5. The number of anilines is 2. The summed E-state index contributed by atoms with van der Waals surface area (Å²) < 4.78 is 25.5. The van der Waals surface area contributed by atoms with E-state index in [4.69, 9.17) is 23.7 Å². The zero-order chi connectivity index (χ0) is 89.8. The summed E-state index contributed by atoms with van der Waals surface area (Å²) in [6.45, 7) is 17.6. The molecule has 13 aliphatic carbocycles. The van der Waals surface area contributed by atoms with E-state index in [1.54, 1.807) is 128 Å². The van der Waals surface area contributed by atoms with Gasteiger partial charge in [-0.15, -0.1) is 58.8 Å². The van der Waals surface area contributed by atoms with Gasteiger partial charge in [0.25, 0.3) is 0 Å². The molecule has 29 rings (SSSR count). The smallest absolute Gasteiger partial charge is 0.159 e. The lowest BCUT2D eigenvalue weighted by atomic mass is 9.66. The van der Waals surface area contributed by atoms with Crippen LogP contribution in [0.2, 0.25) is 0 Å². The summed E-state index contributed by atoms with van der Waals surface area (Å²) in [5, 5.41) is 18.8. The van der Waals surface area contributed by atoms with Gasteiger partial charge < -0.3 is 45.0 Å². The summed E-state index contributed by atoms with van der Waals surface area (Å²) in [6.07, 6.45) is 88.7. The highest BCUT2D eigenvalue weighted by Crippen LogP contribution is 2.48. The summed E-state index contributed by atoms with van der Waals surface area (Å²) in [4.78, 5) is 11.5. The minimum Gasteiger partial charge on any atom is -0.471 e. The Morgan fingerprint density at radius 1 is 0.260 bits per heavy atom. The van der Waals surface area contributed by atoms with Gasteiger partial charge in [0.15, 0.2) is 6.73 Å². The van der Waals surface area contributed by atoms with Crippen molar-refractivity contribution >= 4 is 70.2 Å². The number of rotatable bonds is 0. The molecule has 0 bridgehead atoms. The Morgan fingerprint density at radius 2 is 0.679 bits per heavy atom. The summed E-state index contributed by atoms with van der Waals surface area (Å²) in [5.74, 6) is 24.2. The predicted octanol–water partition coefficient (Wildman–Crippen LogP) is 27.6. The van der Waals surface area contributed by atoms with Crippen molar-refractivity contribution in [3.05, 3.63) is 48.5 Å². The fraction of sp³-hybridized carbons (Fsp3) is 0.892. The van der Waals surface area contributed by atoms with Crippen molar-refractivity contribution in [1.82, 2.24) is 40.9 Å². The van der Waals surface area contributed by atoms with E-state index in [9.17, 15) is 0 Å². The number of thioether (sulfide) groups is 5. The fourth-order valence-electron chi connectivity index (χ4n) is 24.8. The third-order valence-corrected chi connectivity index (χ3v) is 38.7. The topological polar surface area (TPSA) is 131 Å². The van der Waals surface area contributed by atoms with Gasteiger partial charge in [-0.25, -0.2) is 0 Å². The normalized spacial score (nSPS) is 32.5. The molecule has 752 valence electrons. The van der Waals surface area contributed by atoms with Crippen molar-refractivity contribution in [2.24, 2.45) is 59.2 Å². The van der Waals surface area contributed by atoms with Gasteiger partial charge >= 0.3 is 0 Å². The van der Waals surface area contributed by atoms with E-state index in [2.05, 4.69) is 99.3 Å². The number of nitrogens with one attached hydrogen (secondary N) is 6. The molecule has 0 spiro atoms. The van der Waals surface area contributed by atoms with Gasteiger partial charge in [0, 0.05) is 109 Å². The minimum atomic E-state index is 0.610. The summed E-state index contributed by atoms with van der Waals surface area (Å²) in [6, 6.07) is 19.9. The van der Waals surface area contributed by atoms with Crippen LogP contribution in [0, 0.1) is 59.2 Å². The van der Waals surface area contributed by atoms with E-state index in [1.165, 1.54) is 394 Å². The highest BCUT2D eigenvalue weighted by molar-refractivity contribution is 8.00. The van der Waals surface area contributed by atoms with Crippen LogP contribution in [0.25, 0.3) is 0 Å². The maximum atomic E-state index is 5.31. The Hall–Kier alpha value is -0.890. The molecule has 0 amide bonds. The number of hydrogen-bond acceptors (Lipinski definition) is 20. The molecule has 0 radical (unpaired) electrons. The highest BCUT2D eigenvalue weighted by atomic mass is 32.2. The predicted molar refractivity (Wildman–Crippen MR) is 570 cm³/mol. The van der Waals surface area contributed by atoms with Crippen molar-refractivity contribution in [3.63, 3.8) is 0 Å². The SMILES string of the molecule is C1CC2CCC2C1.C1CC2CCCC2C1.C1CC2CCOCN2C1.C1CC2CCSCN2C1.C1CC2COCN2C1.C1CC2CSCN2C1.C1CCC1.C1CCC2CCC2C1.C1CCC2CCCC2C1.C1CCC2CCCCC2C1.C1CCCC1.C1CCCCC1.C1CNCOC1.C1CNCSC1.C1COCN1.C1CSCN1.c1ccc2c(c1)NCO2.c1ccc2c(c1)NCS2. The lowest BCUT2D eigenvalue weighted by Crippen LogP contribution is -2.37. The van der Waals surface area contributed by atoms with Crippen molar-refractivity contribution in [2.75, 3.05) is 175 Å². The van der Waals surface area contributed by atoms with Crippen LogP contribution in [0.15, 0.2) is 53.4 Å². The Labute approximate surface area is 825 Å². The molecule has 25 fully saturated rings. The Kier molecular flexibility index (Phi) is 58.1. The van der Waals surface area contributed by atoms with E-state index in [1.807, 2.05) is 59.6 Å². The van der Waals surface area contributed by atoms with Crippen molar-refractivity contribution in [3.8, 4) is 5.75 Å². The van der Waals surface area contributed by atoms with Crippen LogP contribution in [0.4, 0.5) is 11.4 Å². The van der Waals surface area contributed by atoms with E-state index in [0.29, 0.717) is 6.73 Å². The molecule has 15 nitrogen and oxygen atoms in total. The zero-order valence-corrected chi connectivity index (χ0v) is 87.8. The van der Waals surface area contributed by atoms with Gasteiger partial charge in [-0.1, -0.05) is 300 Å². The van der Waals surface area contributed by atoms with Crippen molar-refractivity contribution in [2.45, 2.75) is 408 Å². The lowest BCUT2D eigenvalue weighted by Gasteiger charge is -2.40. The van der Waals surface area contributed by atoms with Gasteiger partial charge in [0.2, 0.25) is 0 Å². The molecule has 12 saturated heterocycles. The van der Waals surface area contributed by atoms with Crippen LogP contribution >= 0.6 is 58.8 Å². The van der Waals surface area contributed by atoms with E-state index < -0.39 is 0 Å². The Morgan fingerprint density at radius 3 is 1.06 bits per heavy atom. The number of hydrogen-bond donors (Lipinski definition) is 6. The first-order valence-corrected chi connectivity index (χ1v) is 62.1. The van der Waals surface area contributed by atoms with Crippen molar-refractivity contribution < 1.29 is 23.7 Å². The van der Waals surface area contributed by atoms with E-state index >= 15 is 0 Å². The summed E-state index contributed by atoms with van der Waals surface area (Å²) in [7, 11) is 0. The number of para-hydroxylation sites is 3. The second-order valence-electron chi connectivity index (χ2n) is 42.8. The molecule has 14 aliphatic heterocycles. The fourth-order valence-corrected chi connectivity index (χ4v) is 29.7. The monoisotopic (exact) mass is 1910 g/mol. The second-order valence-corrected chi connectivity index (χ2v) is 48.1. The maximum Gasteiger partial charge on any atom is 0.159 e. The van der Waals surface area contributed by atoms with Crippen LogP contribution in [-0.2, 0) is 18.9 Å². The van der Waals surface area contributed by atoms with Crippen LogP contribution < -0.4 is 36.6 Å². The molecule has 6 N–H and O–H groups in total. The Balaban J connectivity index is 0.000000126. The van der Waals surface area contributed by atoms with Crippen LogP contribution in [0.5, 0.6) is 5.75 Å². The average Bonchev–Trinajstić information content (AvgIpc) is 1.71. The van der Waals surface area contributed by atoms with Crippen molar-refractivity contribution in [1.29, 1.82) is 0 Å². The van der Waals surface area contributed by atoms with E-state index in [0.717, 1.165) is 120 Å². The number of benzene rings is 2. The molecule has 20 heteroatoms.